The number of rotatable bonds is 4. The van der Waals surface area contributed by atoms with Gasteiger partial charge in [0.2, 0.25) is 0 Å². The van der Waals surface area contributed by atoms with E-state index in [-0.39, 0.29) is 0 Å². The summed E-state index contributed by atoms with van der Waals surface area (Å²) in [6, 6.07) is 14.7. The zero-order valence-electron chi connectivity index (χ0n) is 9.38. The van der Waals surface area contributed by atoms with Gasteiger partial charge >= 0.3 is 0 Å². The number of nitrogens with one attached hydrogen (secondary N) is 1. The third-order valence-electron chi connectivity index (χ3n) is 2.34. The van der Waals surface area contributed by atoms with Crippen molar-refractivity contribution in [3.63, 3.8) is 0 Å². The summed E-state index contributed by atoms with van der Waals surface area (Å²) >= 11 is 0. The molecule has 0 aromatic heterocycles. The summed E-state index contributed by atoms with van der Waals surface area (Å²) in [6.45, 7) is 0. The molecule has 0 bridgehead atoms. The topological polar surface area (TPSA) is 50.7 Å². The first-order valence-corrected chi connectivity index (χ1v) is 5.17. The fourth-order valence-corrected chi connectivity index (χ4v) is 1.52. The molecule has 0 aliphatic rings. The van der Waals surface area contributed by atoms with Crippen molar-refractivity contribution in [1.29, 1.82) is 0 Å². The first kappa shape index (κ1) is 11.1. The first-order valence-electron chi connectivity index (χ1n) is 5.17. The molecule has 0 saturated carbocycles. The van der Waals surface area contributed by atoms with Gasteiger partial charge in [-0.05, 0) is 29.4 Å². The number of hydrogen-bond donors (Lipinski definition) is 1. The summed E-state index contributed by atoms with van der Waals surface area (Å²) < 4.78 is 5.20. The lowest BCUT2D eigenvalue weighted by molar-refractivity contribution is 0.417. The van der Waals surface area contributed by atoms with Gasteiger partial charge in [0, 0.05) is 11.8 Å². The largest absolute Gasteiger partial charge is 0.494 e. The smallest absolute Gasteiger partial charge is 0.144 e. The van der Waals surface area contributed by atoms with Crippen LogP contribution < -0.4 is 10.1 Å². The van der Waals surface area contributed by atoms with E-state index >= 15 is 0 Å². The van der Waals surface area contributed by atoms with Gasteiger partial charge in [0.1, 0.15) is 11.4 Å². The van der Waals surface area contributed by atoms with Crippen LogP contribution in [-0.2, 0) is 0 Å². The van der Waals surface area contributed by atoms with Crippen LogP contribution in [0.5, 0.6) is 5.75 Å². The van der Waals surface area contributed by atoms with Crippen molar-refractivity contribution < 1.29 is 4.74 Å². The minimum atomic E-state index is 0.348. The normalized spacial score (nSPS) is 9.71. The van der Waals surface area contributed by atoms with Crippen molar-refractivity contribution in [2.24, 2.45) is 5.18 Å². The highest BCUT2D eigenvalue weighted by atomic mass is 16.5. The molecule has 0 aliphatic heterocycles. The second kappa shape index (κ2) is 5.12. The lowest BCUT2D eigenvalue weighted by atomic mass is 10.2. The van der Waals surface area contributed by atoms with E-state index in [2.05, 4.69) is 10.5 Å². The van der Waals surface area contributed by atoms with Gasteiger partial charge < -0.3 is 10.1 Å². The van der Waals surface area contributed by atoms with E-state index in [0.29, 0.717) is 11.4 Å². The molecule has 0 saturated heterocycles. The van der Waals surface area contributed by atoms with Gasteiger partial charge in [0.05, 0.1) is 12.8 Å². The SMILES string of the molecule is COc1cc(N=O)ccc1Nc1ccccc1. The molecule has 1 N–H and O–H groups in total. The van der Waals surface area contributed by atoms with Crippen molar-refractivity contribution in [1.82, 2.24) is 0 Å². The van der Waals surface area contributed by atoms with E-state index < -0.39 is 0 Å². The van der Waals surface area contributed by atoms with Gasteiger partial charge in [-0.25, -0.2) is 0 Å². The Balaban J connectivity index is 2.29. The lowest BCUT2D eigenvalue weighted by Gasteiger charge is -2.11. The number of ether oxygens (including phenoxy) is 1. The molecule has 2 aromatic rings. The Bertz CT molecular complexity index is 512. The number of methoxy groups -OCH3 is 1. The number of benzene rings is 2. The molecular weight excluding hydrogens is 216 g/mol. The summed E-state index contributed by atoms with van der Waals surface area (Å²) in [6.07, 6.45) is 0. The molecule has 4 heteroatoms. The molecule has 86 valence electrons. The van der Waals surface area contributed by atoms with Crippen LogP contribution in [0, 0.1) is 4.91 Å². The van der Waals surface area contributed by atoms with E-state index in [0.717, 1.165) is 11.4 Å². The highest BCUT2D eigenvalue weighted by Crippen LogP contribution is 2.31. The molecule has 0 amide bonds. The zero-order valence-corrected chi connectivity index (χ0v) is 9.38. The number of hydrogen-bond acceptors (Lipinski definition) is 4. The predicted octanol–water partition coefficient (Wildman–Crippen LogP) is 3.84. The lowest BCUT2D eigenvalue weighted by Crippen LogP contribution is -1.93. The Morgan fingerprint density at radius 2 is 1.88 bits per heavy atom. The molecule has 0 aliphatic carbocycles. The van der Waals surface area contributed by atoms with E-state index in [1.807, 2.05) is 30.3 Å². The van der Waals surface area contributed by atoms with Crippen LogP contribution in [0.15, 0.2) is 53.7 Å². The third kappa shape index (κ3) is 2.60. The Morgan fingerprint density at radius 3 is 2.53 bits per heavy atom. The molecule has 0 unspecified atom stereocenters. The minimum Gasteiger partial charge on any atom is -0.494 e. The average Bonchev–Trinajstić information content (AvgIpc) is 2.40. The van der Waals surface area contributed by atoms with Crippen molar-refractivity contribution >= 4 is 17.1 Å². The molecule has 0 spiro atoms. The highest BCUT2D eigenvalue weighted by Gasteiger charge is 2.04. The van der Waals surface area contributed by atoms with Crippen molar-refractivity contribution in [2.75, 3.05) is 12.4 Å². The van der Waals surface area contributed by atoms with Crippen LogP contribution in [0.4, 0.5) is 17.1 Å². The monoisotopic (exact) mass is 228 g/mol. The van der Waals surface area contributed by atoms with Crippen molar-refractivity contribution in [3.8, 4) is 5.75 Å². The summed E-state index contributed by atoms with van der Waals surface area (Å²) in [7, 11) is 1.56. The fraction of sp³-hybridized carbons (Fsp3) is 0.0769. The second-order valence-corrected chi connectivity index (χ2v) is 3.47. The molecule has 2 aromatic carbocycles. The van der Waals surface area contributed by atoms with Crippen molar-refractivity contribution in [3.05, 3.63) is 53.4 Å². The van der Waals surface area contributed by atoms with Gasteiger partial charge in [0.25, 0.3) is 0 Å². The number of anilines is 2. The fourth-order valence-electron chi connectivity index (χ4n) is 1.52. The van der Waals surface area contributed by atoms with E-state index in [1.165, 1.54) is 0 Å². The van der Waals surface area contributed by atoms with Gasteiger partial charge in [-0.2, -0.15) is 0 Å². The van der Waals surface area contributed by atoms with Gasteiger partial charge in [0.15, 0.2) is 0 Å². The summed E-state index contributed by atoms with van der Waals surface area (Å²) in [5.41, 5.74) is 2.10. The average molecular weight is 228 g/mol. The maximum absolute atomic E-state index is 10.4. The minimum absolute atomic E-state index is 0.348. The third-order valence-corrected chi connectivity index (χ3v) is 2.34. The summed E-state index contributed by atoms with van der Waals surface area (Å²) in [5.74, 6) is 0.589. The number of nitroso groups, excluding NO2 is 1. The maximum atomic E-state index is 10.4. The van der Waals surface area contributed by atoms with E-state index in [4.69, 9.17) is 4.74 Å². The Kier molecular flexibility index (Phi) is 3.35. The van der Waals surface area contributed by atoms with Crippen molar-refractivity contribution in [2.45, 2.75) is 0 Å². The van der Waals surface area contributed by atoms with Crippen LogP contribution in [-0.4, -0.2) is 7.11 Å². The molecule has 17 heavy (non-hydrogen) atoms. The highest BCUT2D eigenvalue weighted by molar-refractivity contribution is 5.69. The molecule has 4 nitrogen and oxygen atoms in total. The first-order chi connectivity index (χ1) is 8.33. The summed E-state index contributed by atoms with van der Waals surface area (Å²) in [5, 5.41) is 6.08. The van der Waals surface area contributed by atoms with E-state index in [1.54, 1.807) is 25.3 Å². The van der Waals surface area contributed by atoms with Gasteiger partial charge in [-0.1, -0.05) is 18.2 Å². The maximum Gasteiger partial charge on any atom is 0.144 e. The summed E-state index contributed by atoms with van der Waals surface area (Å²) in [4.78, 5) is 10.4. The Hall–Kier alpha value is -2.36. The van der Waals surface area contributed by atoms with Crippen LogP contribution in [0.3, 0.4) is 0 Å². The molecule has 2 rings (SSSR count). The number of para-hydroxylation sites is 1. The molecular formula is C13H12N2O2. The van der Waals surface area contributed by atoms with Gasteiger partial charge in [-0.15, -0.1) is 4.91 Å². The molecule has 0 atom stereocenters. The van der Waals surface area contributed by atoms with Gasteiger partial charge in [-0.3, -0.25) is 0 Å². The number of nitrogens with zero attached hydrogens (tertiary/aromatic N) is 1. The van der Waals surface area contributed by atoms with E-state index in [9.17, 15) is 4.91 Å². The molecule has 0 fully saturated rings. The van der Waals surface area contributed by atoms with Crippen LogP contribution in [0.1, 0.15) is 0 Å². The zero-order chi connectivity index (χ0) is 12.1. The standard InChI is InChI=1S/C13H12N2O2/c1-17-13-9-11(15-16)7-8-12(13)14-10-5-3-2-4-6-10/h2-9,14H,1H3. The second-order valence-electron chi connectivity index (χ2n) is 3.47. The molecule has 0 radical (unpaired) electrons. The molecule has 0 heterocycles. The van der Waals surface area contributed by atoms with Crippen LogP contribution in [0.2, 0.25) is 0 Å². The predicted molar refractivity (Wildman–Crippen MR) is 68.2 cm³/mol. The Morgan fingerprint density at radius 1 is 1.12 bits per heavy atom. The van der Waals surface area contributed by atoms with Crippen LogP contribution >= 0.6 is 0 Å². The van der Waals surface area contributed by atoms with Crippen LogP contribution in [0.25, 0.3) is 0 Å². The Labute approximate surface area is 99.2 Å². The quantitative estimate of drug-likeness (QED) is 0.809.